The fraction of sp³-hybridized carbons (Fsp3) is 0.474. The number of benzene rings is 1. The first kappa shape index (κ1) is 18.0. The van der Waals surface area contributed by atoms with Gasteiger partial charge in [0.2, 0.25) is 0 Å². The molecule has 24 heavy (non-hydrogen) atoms. The highest BCUT2D eigenvalue weighted by Crippen LogP contribution is 2.06. The van der Waals surface area contributed by atoms with E-state index in [0.29, 0.717) is 0 Å². The minimum Gasteiger partial charge on any atom is -0.357 e. The first-order valence-electron chi connectivity index (χ1n) is 8.61. The van der Waals surface area contributed by atoms with E-state index in [9.17, 15) is 0 Å². The summed E-state index contributed by atoms with van der Waals surface area (Å²) in [6.07, 6.45) is 6.04. The molecule has 0 unspecified atom stereocenters. The molecule has 5 nitrogen and oxygen atoms in total. The second kappa shape index (κ2) is 9.11. The average molecular weight is 327 g/mol. The van der Waals surface area contributed by atoms with Gasteiger partial charge < -0.3 is 10.2 Å². The van der Waals surface area contributed by atoms with E-state index >= 15 is 0 Å². The lowest BCUT2D eigenvalue weighted by molar-refractivity contribution is 0.476. The molecule has 0 atom stereocenters. The summed E-state index contributed by atoms with van der Waals surface area (Å²) in [5, 5.41) is 7.58. The molecule has 2 aromatic rings. The smallest absolute Gasteiger partial charge is 0.193 e. The van der Waals surface area contributed by atoms with Crippen LogP contribution in [0.4, 0.5) is 0 Å². The van der Waals surface area contributed by atoms with Crippen molar-refractivity contribution in [2.45, 2.75) is 33.2 Å². The van der Waals surface area contributed by atoms with E-state index in [1.165, 1.54) is 16.7 Å². The van der Waals surface area contributed by atoms with Gasteiger partial charge in [-0.2, -0.15) is 5.10 Å². The average Bonchev–Trinajstić information content (AvgIpc) is 2.98. The van der Waals surface area contributed by atoms with Crippen LogP contribution in [0.25, 0.3) is 0 Å². The van der Waals surface area contributed by atoms with E-state index in [1.54, 1.807) is 0 Å². The van der Waals surface area contributed by atoms with E-state index < -0.39 is 0 Å². The number of nitrogens with zero attached hydrogens (tertiary/aromatic N) is 4. The first-order chi connectivity index (χ1) is 11.6. The number of nitrogens with one attached hydrogen (secondary N) is 1. The molecular formula is C19H29N5. The molecule has 0 spiro atoms. The van der Waals surface area contributed by atoms with Crippen molar-refractivity contribution in [3.8, 4) is 0 Å². The highest BCUT2D eigenvalue weighted by molar-refractivity contribution is 5.79. The number of rotatable bonds is 7. The largest absolute Gasteiger partial charge is 0.357 e. The van der Waals surface area contributed by atoms with Gasteiger partial charge >= 0.3 is 0 Å². The van der Waals surface area contributed by atoms with Gasteiger partial charge in [0.1, 0.15) is 0 Å². The van der Waals surface area contributed by atoms with Crippen LogP contribution in [0.2, 0.25) is 0 Å². The fourth-order valence-corrected chi connectivity index (χ4v) is 2.58. The predicted molar refractivity (Wildman–Crippen MR) is 100 cm³/mol. The number of aliphatic imine (C=N–C) groups is 1. The van der Waals surface area contributed by atoms with Gasteiger partial charge in [0.25, 0.3) is 0 Å². The van der Waals surface area contributed by atoms with E-state index in [1.807, 2.05) is 17.9 Å². The molecule has 0 amide bonds. The van der Waals surface area contributed by atoms with E-state index in [2.05, 4.69) is 66.7 Å². The van der Waals surface area contributed by atoms with Crippen LogP contribution in [-0.2, 0) is 20.0 Å². The third-order valence-electron chi connectivity index (χ3n) is 3.88. The summed E-state index contributed by atoms with van der Waals surface area (Å²) in [5.41, 5.74) is 3.85. The van der Waals surface area contributed by atoms with Gasteiger partial charge in [0.05, 0.1) is 6.20 Å². The Balaban J connectivity index is 1.87. The van der Waals surface area contributed by atoms with Crippen LogP contribution < -0.4 is 5.32 Å². The maximum absolute atomic E-state index is 4.75. The molecule has 2 rings (SSSR count). The Hall–Kier alpha value is -2.30. The molecule has 1 heterocycles. The maximum atomic E-state index is 4.75. The Morgan fingerprint density at radius 3 is 2.62 bits per heavy atom. The van der Waals surface area contributed by atoms with Gasteiger partial charge in [0.15, 0.2) is 5.96 Å². The summed E-state index contributed by atoms with van der Waals surface area (Å²) >= 11 is 0. The molecule has 0 bridgehead atoms. The van der Waals surface area contributed by atoms with Gasteiger partial charge in [-0.25, -0.2) is 0 Å². The quantitative estimate of drug-likeness (QED) is 0.483. The lowest BCUT2D eigenvalue weighted by Gasteiger charge is -2.22. The highest BCUT2D eigenvalue weighted by atomic mass is 15.3. The Morgan fingerprint density at radius 1 is 1.25 bits per heavy atom. The van der Waals surface area contributed by atoms with Crippen LogP contribution >= 0.6 is 0 Å². The summed E-state index contributed by atoms with van der Waals surface area (Å²) in [6, 6.07) is 8.66. The van der Waals surface area contributed by atoms with Crippen molar-refractivity contribution in [2.24, 2.45) is 12.0 Å². The summed E-state index contributed by atoms with van der Waals surface area (Å²) < 4.78 is 1.85. The minimum atomic E-state index is 0.815. The second-order valence-electron chi connectivity index (χ2n) is 6.20. The third kappa shape index (κ3) is 5.72. The molecule has 0 saturated heterocycles. The number of guanidine groups is 1. The SMILES string of the molecule is CCNC(=NCCCc1cnn(C)c1)N(C)Cc1ccc(C)cc1. The van der Waals surface area contributed by atoms with E-state index in [0.717, 1.165) is 38.4 Å². The number of aryl methyl sites for hydroxylation is 3. The standard InChI is InChI=1S/C19H29N5/c1-5-20-19(21-12-6-7-18-13-22-24(4)15-18)23(3)14-17-10-8-16(2)9-11-17/h8-11,13,15H,5-7,12,14H2,1-4H3,(H,20,21). The Kier molecular flexibility index (Phi) is 6.85. The van der Waals surface area contributed by atoms with E-state index in [4.69, 9.17) is 4.99 Å². The zero-order valence-corrected chi connectivity index (χ0v) is 15.3. The number of hydrogen-bond acceptors (Lipinski definition) is 2. The molecule has 0 aliphatic heterocycles. The lowest BCUT2D eigenvalue weighted by atomic mass is 10.1. The second-order valence-corrected chi connectivity index (χ2v) is 6.20. The molecule has 1 aromatic carbocycles. The molecule has 0 fully saturated rings. The van der Waals surface area contributed by atoms with Crippen molar-refractivity contribution < 1.29 is 0 Å². The fourth-order valence-electron chi connectivity index (χ4n) is 2.58. The Bertz CT molecular complexity index is 642. The molecule has 130 valence electrons. The normalized spacial score (nSPS) is 11.6. The molecule has 1 N–H and O–H groups in total. The molecule has 1 aromatic heterocycles. The molecule has 0 saturated carbocycles. The van der Waals surface area contributed by atoms with Crippen molar-refractivity contribution in [3.63, 3.8) is 0 Å². The Morgan fingerprint density at radius 2 is 2.00 bits per heavy atom. The Labute approximate surface area is 145 Å². The molecule has 0 radical (unpaired) electrons. The summed E-state index contributed by atoms with van der Waals surface area (Å²) in [4.78, 5) is 6.93. The molecule has 0 aliphatic carbocycles. The van der Waals surface area contributed by atoms with Crippen LogP contribution in [0.3, 0.4) is 0 Å². The van der Waals surface area contributed by atoms with Crippen molar-refractivity contribution in [3.05, 3.63) is 53.3 Å². The zero-order valence-electron chi connectivity index (χ0n) is 15.3. The van der Waals surface area contributed by atoms with Gasteiger partial charge in [-0.15, -0.1) is 0 Å². The minimum absolute atomic E-state index is 0.815. The number of aromatic nitrogens is 2. The number of hydrogen-bond donors (Lipinski definition) is 1. The highest BCUT2D eigenvalue weighted by Gasteiger charge is 2.06. The summed E-state index contributed by atoms with van der Waals surface area (Å²) in [6.45, 7) is 6.76. The first-order valence-corrected chi connectivity index (χ1v) is 8.61. The predicted octanol–water partition coefficient (Wildman–Crippen LogP) is 2.76. The topological polar surface area (TPSA) is 45.5 Å². The van der Waals surface area contributed by atoms with Gasteiger partial charge in [0, 0.05) is 39.9 Å². The van der Waals surface area contributed by atoms with Gasteiger partial charge in [-0.1, -0.05) is 29.8 Å². The summed E-state index contributed by atoms with van der Waals surface area (Å²) in [7, 11) is 4.04. The lowest BCUT2D eigenvalue weighted by Crippen LogP contribution is -2.38. The zero-order chi connectivity index (χ0) is 17.4. The van der Waals surface area contributed by atoms with Crippen LogP contribution in [0, 0.1) is 6.92 Å². The van der Waals surface area contributed by atoms with Crippen molar-refractivity contribution >= 4 is 5.96 Å². The van der Waals surface area contributed by atoms with E-state index in [-0.39, 0.29) is 0 Å². The van der Waals surface area contributed by atoms with Crippen LogP contribution in [0.15, 0.2) is 41.7 Å². The molecule has 5 heteroatoms. The van der Waals surface area contributed by atoms with Crippen molar-refractivity contribution in [2.75, 3.05) is 20.1 Å². The van der Waals surface area contributed by atoms with Crippen LogP contribution in [-0.4, -0.2) is 40.8 Å². The van der Waals surface area contributed by atoms with Gasteiger partial charge in [-0.3, -0.25) is 9.67 Å². The third-order valence-corrected chi connectivity index (χ3v) is 3.88. The van der Waals surface area contributed by atoms with Crippen LogP contribution in [0.5, 0.6) is 0 Å². The van der Waals surface area contributed by atoms with Crippen LogP contribution in [0.1, 0.15) is 30.0 Å². The maximum Gasteiger partial charge on any atom is 0.193 e. The monoisotopic (exact) mass is 327 g/mol. The summed E-state index contributed by atoms with van der Waals surface area (Å²) in [5.74, 6) is 0.962. The van der Waals surface area contributed by atoms with Gasteiger partial charge in [-0.05, 0) is 37.8 Å². The van der Waals surface area contributed by atoms with Crippen molar-refractivity contribution in [1.29, 1.82) is 0 Å². The molecular weight excluding hydrogens is 298 g/mol. The van der Waals surface area contributed by atoms with Crippen molar-refractivity contribution in [1.82, 2.24) is 20.0 Å². The molecule has 0 aliphatic rings.